The van der Waals surface area contributed by atoms with E-state index in [0.717, 1.165) is 12.8 Å². The van der Waals surface area contributed by atoms with E-state index in [1.807, 2.05) is 0 Å². The molecule has 0 heterocycles. The van der Waals surface area contributed by atoms with Gasteiger partial charge in [-0.05, 0) is 30.4 Å². The maximum absolute atomic E-state index is 11.0. The Hall–Kier alpha value is -1.31. The van der Waals surface area contributed by atoms with Crippen LogP contribution in [0.3, 0.4) is 0 Å². The minimum absolute atomic E-state index is 0.140. The van der Waals surface area contributed by atoms with Gasteiger partial charge in [-0.25, -0.2) is 0 Å². The van der Waals surface area contributed by atoms with Crippen molar-refractivity contribution in [1.29, 1.82) is 0 Å². The monoisotopic (exact) mass is 220 g/mol. The second kappa shape index (κ2) is 7.04. The van der Waals surface area contributed by atoms with E-state index in [1.54, 1.807) is 0 Å². The number of hydrogen-bond donors (Lipinski definition) is 0. The first-order valence-electron chi connectivity index (χ1n) is 5.91. The normalized spacial score (nSPS) is 10.1. The molecule has 0 aromatic heterocycles. The summed E-state index contributed by atoms with van der Waals surface area (Å²) in [4.78, 5) is 11.0. The lowest BCUT2D eigenvalue weighted by molar-refractivity contribution is -0.140. The Labute approximate surface area is 97.6 Å². The van der Waals surface area contributed by atoms with Crippen LogP contribution in [0.15, 0.2) is 24.3 Å². The summed E-state index contributed by atoms with van der Waals surface area (Å²) in [6.07, 6.45) is 4.80. The predicted molar refractivity (Wildman–Crippen MR) is 65.4 cm³/mol. The van der Waals surface area contributed by atoms with E-state index >= 15 is 0 Å². The first kappa shape index (κ1) is 12.8. The summed E-state index contributed by atoms with van der Waals surface area (Å²) in [5, 5.41) is 0. The molecule has 0 spiro atoms. The maximum Gasteiger partial charge on any atom is 0.305 e. The second-order valence-corrected chi connectivity index (χ2v) is 4.00. The summed E-state index contributed by atoms with van der Waals surface area (Å²) in [7, 11) is 1.43. The number of carbonyl (C=O) groups excluding carboxylic acids is 1. The van der Waals surface area contributed by atoms with Crippen molar-refractivity contribution < 1.29 is 9.53 Å². The van der Waals surface area contributed by atoms with Gasteiger partial charge in [-0.1, -0.05) is 37.6 Å². The molecule has 0 unspecified atom stereocenters. The molecule has 88 valence electrons. The van der Waals surface area contributed by atoms with Crippen LogP contribution in [-0.4, -0.2) is 13.1 Å². The molecule has 0 N–H and O–H groups in total. The number of hydrogen-bond acceptors (Lipinski definition) is 2. The molecule has 1 aromatic carbocycles. The van der Waals surface area contributed by atoms with Crippen LogP contribution in [0.1, 0.15) is 37.3 Å². The zero-order valence-electron chi connectivity index (χ0n) is 10.2. The highest BCUT2D eigenvalue weighted by atomic mass is 16.5. The van der Waals surface area contributed by atoms with Crippen LogP contribution < -0.4 is 0 Å². The Balaban J connectivity index is 2.50. The molecule has 0 fully saturated rings. The van der Waals surface area contributed by atoms with Gasteiger partial charge in [0.15, 0.2) is 0 Å². The molecule has 0 aliphatic rings. The molecule has 0 amide bonds. The molecular formula is C14H20O2. The predicted octanol–water partition coefficient (Wildman–Crippen LogP) is 3.13. The topological polar surface area (TPSA) is 26.3 Å². The first-order chi connectivity index (χ1) is 7.76. The Morgan fingerprint density at radius 2 is 1.94 bits per heavy atom. The van der Waals surface area contributed by atoms with E-state index in [-0.39, 0.29) is 5.97 Å². The van der Waals surface area contributed by atoms with Gasteiger partial charge in [-0.15, -0.1) is 0 Å². The number of aryl methyl sites for hydroxylation is 2. The van der Waals surface area contributed by atoms with Crippen LogP contribution in [0.5, 0.6) is 0 Å². The van der Waals surface area contributed by atoms with Gasteiger partial charge in [0.05, 0.1) is 7.11 Å². The Bertz CT molecular complexity index is 331. The molecule has 2 heteroatoms. The summed E-state index contributed by atoms with van der Waals surface area (Å²) < 4.78 is 4.63. The molecule has 0 bridgehead atoms. The summed E-state index contributed by atoms with van der Waals surface area (Å²) in [6.45, 7) is 2.20. The summed E-state index contributed by atoms with van der Waals surface area (Å²) in [5.41, 5.74) is 2.59. The van der Waals surface area contributed by atoms with Gasteiger partial charge in [0, 0.05) is 6.42 Å². The number of unbranched alkanes of at least 4 members (excludes halogenated alkanes) is 1. The average Bonchev–Trinajstić information content (AvgIpc) is 2.34. The van der Waals surface area contributed by atoms with Crippen LogP contribution in [0, 0.1) is 0 Å². The lowest BCUT2D eigenvalue weighted by atomic mass is 10.0. The molecule has 2 nitrogen and oxygen atoms in total. The van der Waals surface area contributed by atoms with Crippen LogP contribution in [-0.2, 0) is 22.4 Å². The van der Waals surface area contributed by atoms with Gasteiger partial charge in [0.1, 0.15) is 0 Å². The van der Waals surface area contributed by atoms with Crippen molar-refractivity contribution in [3.63, 3.8) is 0 Å². The molecule has 0 saturated carbocycles. The second-order valence-electron chi connectivity index (χ2n) is 4.00. The molecule has 1 rings (SSSR count). The fraction of sp³-hybridized carbons (Fsp3) is 0.500. The third kappa shape index (κ3) is 4.47. The highest BCUT2D eigenvalue weighted by Crippen LogP contribution is 2.10. The van der Waals surface area contributed by atoms with Crippen LogP contribution in [0.4, 0.5) is 0 Å². The zero-order chi connectivity index (χ0) is 11.8. The number of carbonyl (C=O) groups is 1. The van der Waals surface area contributed by atoms with Crippen molar-refractivity contribution in [2.75, 3.05) is 7.11 Å². The zero-order valence-corrected chi connectivity index (χ0v) is 10.2. The van der Waals surface area contributed by atoms with Crippen molar-refractivity contribution in [2.24, 2.45) is 0 Å². The number of methoxy groups -OCH3 is 1. The molecule has 16 heavy (non-hydrogen) atoms. The minimum atomic E-state index is -0.140. The van der Waals surface area contributed by atoms with Gasteiger partial charge in [-0.2, -0.15) is 0 Å². The van der Waals surface area contributed by atoms with E-state index < -0.39 is 0 Å². The quantitative estimate of drug-likeness (QED) is 0.688. The van der Waals surface area contributed by atoms with E-state index in [1.165, 1.54) is 31.1 Å². The van der Waals surface area contributed by atoms with Gasteiger partial charge in [-0.3, -0.25) is 4.79 Å². The SMILES string of the molecule is CCCCc1cccc(CCC(=O)OC)c1. The van der Waals surface area contributed by atoms with Gasteiger partial charge < -0.3 is 4.74 Å². The summed E-state index contributed by atoms with van der Waals surface area (Å²) in [6, 6.07) is 8.48. The van der Waals surface area contributed by atoms with Gasteiger partial charge >= 0.3 is 5.97 Å². The highest BCUT2D eigenvalue weighted by molar-refractivity contribution is 5.69. The van der Waals surface area contributed by atoms with Crippen LogP contribution in [0.25, 0.3) is 0 Å². The Morgan fingerprint density at radius 1 is 1.25 bits per heavy atom. The van der Waals surface area contributed by atoms with E-state index in [2.05, 4.69) is 35.9 Å². The van der Waals surface area contributed by atoms with E-state index in [0.29, 0.717) is 6.42 Å². The summed E-state index contributed by atoms with van der Waals surface area (Å²) in [5.74, 6) is -0.140. The lowest BCUT2D eigenvalue weighted by Crippen LogP contribution is -2.02. The maximum atomic E-state index is 11.0. The number of ether oxygens (including phenoxy) is 1. The fourth-order valence-corrected chi connectivity index (χ4v) is 1.67. The van der Waals surface area contributed by atoms with Crippen molar-refractivity contribution in [3.05, 3.63) is 35.4 Å². The average molecular weight is 220 g/mol. The lowest BCUT2D eigenvalue weighted by Gasteiger charge is -2.04. The van der Waals surface area contributed by atoms with Crippen LogP contribution >= 0.6 is 0 Å². The Kier molecular flexibility index (Phi) is 5.62. The Morgan fingerprint density at radius 3 is 2.56 bits per heavy atom. The molecule has 0 aliphatic carbocycles. The molecule has 0 radical (unpaired) electrons. The summed E-state index contributed by atoms with van der Waals surface area (Å²) >= 11 is 0. The van der Waals surface area contributed by atoms with E-state index in [9.17, 15) is 4.79 Å². The number of esters is 1. The van der Waals surface area contributed by atoms with Gasteiger partial charge in [0.25, 0.3) is 0 Å². The third-order valence-corrected chi connectivity index (χ3v) is 2.66. The van der Waals surface area contributed by atoms with Gasteiger partial charge in [0.2, 0.25) is 0 Å². The van der Waals surface area contributed by atoms with Crippen molar-refractivity contribution >= 4 is 5.97 Å². The van der Waals surface area contributed by atoms with Crippen LogP contribution in [0.2, 0.25) is 0 Å². The first-order valence-corrected chi connectivity index (χ1v) is 5.91. The number of benzene rings is 1. The molecule has 0 aliphatic heterocycles. The molecule has 1 aromatic rings. The molecule has 0 saturated heterocycles. The van der Waals surface area contributed by atoms with Crippen molar-refractivity contribution in [2.45, 2.75) is 39.0 Å². The van der Waals surface area contributed by atoms with Crippen molar-refractivity contribution in [3.8, 4) is 0 Å². The van der Waals surface area contributed by atoms with E-state index in [4.69, 9.17) is 0 Å². The smallest absolute Gasteiger partial charge is 0.305 e. The highest BCUT2D eigenvalue weighted by Gasteiger charge is 2.02. The largest absolute Gasteiger partial charge is 0.469 e. The number of rotatable bonds is 6. The van der Waals surface area contributed by atoms with Crippen molar-refractivity contribution in [1.82, 2.24) is 0 Å². The fourth-order valence-electron chi connectivity index (χ4n) is 1.67. The standard InChI is InChI=1S/C14H20O2/c1-3-4-6-12-7-5-8-13(11-12)9-10-14(15)16-2/h5,7-8,11H,3-4,6,9-10H2,1-2H3. The molecule has 0 atom stereocenters. The minimum Gasteiger partial charge on any atom is -0.469 e. The third-order valence-electron chi connectivity index (χ3n) is 2.66. The molecular weight excluding hydrogens is 200 g/mol.